The number of likely N-dealkylation sites (tertiary alicyclic amines) is 1. The van der Waals surface area contributed by atoms with Crippen LogP contribution in [-0.4, -0.2) is 53.7 Å². The summed E-state index contributed by atoms with van der Waals surface area (Å²) in [5.74, 6) is 0.0435. The molecule has 0 N–H and O–H groups in total. The Kier molecular flexibility index (Phi) is 2.66. The first-order valence-electron chi connectivity index (χ1n) is 6.71. The Morgan fingerprint density at radius 1 is 1.29 bits per heavy atom. The summed E-state index contributed by atoms with van der Waals surface area (Å²) >= 11 is 0. The molecule has 1 aromatic carbocycles. The molecular weight excluding hydrogens is 270 g/mol. The van der Waals surface area contributed by atoms with Gasteiger partial charge in [-0.2, -0.15) is 5.10 Å². The first-order valence-corrected chi connectivity index (χ1v) is 6.71. The minimum absolute atomic E-state index is 0.0435. The molecule has 4 rings (SSSR count). The van der Waals surface area contributed by atoms with E-state index >= 15 is 0 Å². The molecule has 3 heterocycles. The fourth-order valence-corrected chi connectivity index (χ4v) is 2.49. The van der Waals surface area contributed by atoms with Crippen molar-refractivity contribution in [3.05, 3.63) is 36.9 Å². The lowest BCUT2D eigenvalue weighted by atomic mass is 10.1. The number of rotatable bonds is 3. The Balaban J connectivity index is 1.43. The van der Waals surface area contributed by atoms with Crippen LogP contribution in [0.4, 0.5) is 0 Å². The number of benzene rings is 1. The molecule has 106 valence electrons. The van der Waals surface area contributed by atoms with Gasteiger partial charge in [0.2, 0.25) is 5.91 Å². The van der Waals surface area contributed by atoms with E-state index in [1.54, 1.807) is 20.6 Å². The van der Waals surface area contributed by atoms with Gasteiger partial charge in [0, 0.05) is 13.1 Å². The van der Waals surface area contributed by atoms with Crippen molar-refractivity contribution in [3.8, 4) is 0 Å². The number of hydrogen-bond donors (Lipinski definition) is 0. The van der Waals surface area contributed by atoms with E-state index in [4.69, 9.17) is 0 Å². The maximum atomic E-state index is 12.2. The molecular formula is C13H13N7O. The number of carbonyl (C=O) groups excluding carboxylic acids is 1. The first-order chi connectivity index (χ1) is 10.3. The second kappa shape index (κ2) is 4.65. The molecule has 8 nitrogen and oxygen atoms in total. The average Bonchev–Trinajstić information content (AvgIpc) is 3.08. The van der Waals surface area contributed by atoms with Crippen LogP contribution >= 0.6 is 0 Å². The molecule has 0 atom stereocenters. The minimum atomic E-state index is 0.0435. The number of aromatic nitrogens is 6. The lowest BCUT2D eigenvalue weighted by Gasteiger charge is -2.38. The van der Waals surface area contributed by atoms with Crippen LogP contribution in [0.1, 0.15) is 6.04 Å². The van der Waals surface area contributed by atoms with Crippen molar-refractivity contribution in [1.29, 1.82) is 0 Å². The van der Waals surface area contributed by atoms with Gasteiger partial charge in [0.15, 0.2) is 0 Å². The molecule has 0 radical (unpaired) electrons. The van der Waals surface area contributed by atoms with Crippen LogP contribution in [0.3, 0.4) is 0 Å². The highest BCUT2D eigenvalue weighted by atomic mass is 16.2. The van der Waals surface area contributed by atoms with Crippen molar-refractivity contribution in [1.82, 2.24) is 34.7 Å². The van der Waals surface area contributed by atoms with Crippen LogP contribution in [0.25, 0.3) is 11.0 Å². The van der Waals surface area contributed by atoms with Crippen molar-refractivity contribution in [3.63, 3.8) is 0 Å². The van der Waals surface area contributed by atoms with Crippen LogP contribution in [0, 0.1) is 0 Å². The summed E-state index contributed by atoms with van der Waals surface area (Å²) in [4.78, 5) is 18.0. The van der Waals surface area contributed by atoms with Gasteiger partial charge < -0.3 is 4.90 Å². The van der Waals surface area contributed by atoms with E-state index in [-0.39, 0.29) is 18.5 Å². The Labute approximate surface area is 120 Å². The topological polar surface area (TPSA) is 81.7 Å². The monoisotopic (exact) mass is 283 g/mol. The summed E-state index contributed by atoms with van der Waals surface area (Å²) in [5, 5.41) is 12.2. The predicted molar refractivity (Wildman–Crippen MR) is 73.2 cm³/mol. The third kappa shape index (κ3) is 2.04. The molecule has 1 aliphatic heterocycles. The highest BCUT2D eigenvalue weighted by Crippen LogP contribution is 2.20. The van der Waals surface area contributed by atoms with Crippen molar-refractivity contribution in [2.24, 2.45) is 0 Å². The molecule has 21 heavy (non-hydrogen) atoms. The van der Waals surface area contributed by atoms with E-state index < -0.39 is 0 Å². The first kappa shape index (κ1) is 12.0. The van der Waals surface area contributed by atoms with E-state index in [1.165, 1.54) is 6.33 Å². The van der Waals surface area contributed by atoms with Crippen molar-refractivity contribution in [2.75, 3.05) is 13.1 Å². The molecule has 0 bridgehead atoms. The zero-order valence-electron chi connectivity index (χ0n) is 11.2. The Hall–Kier alpha value is -2.77. The van der Waals surface area contributed by atoms with E-state index in [0.29, 0.717) is 13.1 Å². The zero-order chi connectivity index (χ0) is 14.2. The highest BCUT2D eigenvalue weighted by molar-refractivity contribution is 5.80. The van der Waals surface area contributed by atoms with Crippen LogP contribution in [0.2, 0.25) is 0 Å². The number of fused-ring (bicyclic) bond motifs is 1. The van der Waals surface area contributed by atoms with Gasteiger partial charge in [0.1, 0.15) is 24.7 Å². The van der Waals surface area contributed by atoms with Crippen LogP contribution in [0.5, 0.6) is 0 Å². The zero-order valence-corrected chi connectivity index (χ0v) is 11.2. The SMILES string of the molecule is O=C(Cn1nnc2ccccc21)N1CC(n2cncn2)C1. The maximum Gasteiger partial charge on any atom is 0.244 e. The van der Waals surface area contributed by atoms with Gasteiger partial charge in [0.05, 0.1) is 11.6 Å². The molecule has 1 fully saturated rings. The molecule has 0 saturated carbocycles. The summed E-state index contributed by atoms with van der Waals surface area (Å²) in [6.45, 7) is 1.54. The number of carbonyl (C=O) groups is 1. The Morgan fingerprint density at radius 2 is 2.14 bits per heavy atom. The largest absolute Gasteiger partial charge is 0.337 e. The Bertz CT molecular complexity index is 773. The van der Waals surface area contributed by atoms with E-state index in [1.807, 2.05) is 24.3 Å². The van der Waals surface area contributed by atoms with Crippen LogP contribution in [-0.2, 0) is 11.3 Å². The number of nitrogens with zero attached hydrogens (tertiary/aromatic N) is 7. The molecule has 2 aromatic heterocycles. The summed E-state index contributed by atoms with van der Waals surface area (Å²) in [6.07, 6.45) is 3.18. The molecule has 8 heteroatoms. The van der Waals surface area contributed by atoms with Crippen LogP contribution < -0.4 is 0 Å². The molecule has 1 saturated heterocycles. The minimum Gasteiger partial charge on any atom is -0.337 e. The molecule has 1 amide bonds. The summed E-state index contributed by atoms with van der Waals surface area (Å²) < 4.78 is 3.43. The fourth-order valence-electron chi connectivity index (χ4n) is 2.49. The fraction of sp³-hybridized carbons (Fsp3) is 0.308. The predicted octanol–water partition coefficient (Wildman–Crippen LogP) is 0.106. The molecule has 0 spiro atoms. The van der Waals surface area contributed by atoms with Gasteiger partial charge in [-0.05, 0) is 12.1 Å². The quantitative estimate of drug-likeness (QED) is 0.681. The summed E-state index contributed by atoms with van der Waals surface area (Å²) in [7, 11) is 0. The van der Waals surface area contributed by atoms with Crippen molar-refractivity contribution in [2.45, 2.75) is 12.6 Å². The number of hydrogen-bond acceptors (Lipinski definition) is 5. The van der Waals surface area contributed by atoms with Crippen LogP contribution in [0.15, 0.2) is 36.9 Å². The molecule has 0 unspecified atom stereocenters. The summed E-state index contributed by atoms with van der Waals surface area (Å²) in [5.41, 5.74) is 1.67. The number of amides is 1. The standard InChI is InChI=1S/C13H13N7O/c21-13(18-5-10(6-18)20-9-14-8-15-20)7-19-12-4-2-1-3-11(12)16-17-19/h1-4,8-10H,5-7H2. The Morgan fingerprint density at radius 3 is 2.95 bits per heavy atom. The maximum absolute atomic E-state index is 12.2. The number of para-hydroxylation sites is 1. The van der Waals surface area contributed by atoms with Crippen molar-refractivity contribution >= 4 is 16.9 Å². The molecule has 3 aromatic rings. The lowest BCUT2D eigenvalue weighted by Crippen LogP contribution is -2.51. The molecule has 1 aliphatic rings. The van der Waals surface area contributed by atoms with Gasteiger partial charge in [-0.1, -0.05) is 17.3 Å². The van der Waals surface area contributed by atoms with E-state index in [9.17, 15) is 4.79 Å². The third-order valence-electron chi connectivity index (χ3n) is 3.73. The summed E-state index contributed by atoms with van der Waals surface area (Å²) in [6, 6.07) is 7.84. The normalized spacial score (nSPS) is 15.3. The van der Waals surface area contributed by atoms with Crippen molar-refractivity contribution < 1.29 is 4.79 Å². The second-order valence-electron chi connectivity index (χ2n) is 5.06. The third-order valence-corrected chi connectivity index (χ3v) is 3.73. The van der Waals surface area contributed by atoms with E-state index in [2.05, 4.69) is 20.4 Å². The van der Waals surface area contributed by atoms with E-state index in [0.717, 1.165) is 11.0 Å². The lowest BCUT2D eigenvalue weighted by molar-refractivity contribution is -0.138. The van der Waals surface area contributed by atoms with Gasteiger partial charge in [0.25, 0.3) is 0 Å². The van der Waals surface area contributed by atoms with Gasteiger partial charge in [-0.3, -0.25) is 4.79 Å². The van der Waals surface area contributed by atoms with Gasteiger partial charge >= 0.3 is 0 Å². The average molecular weight is 283 g/mol. The molecule has 0 aliphatic carbocycles. The van der Waals surface area contributed by atoms with Gasteiger partial charge in [-0.15, -0.1) is 5.10 Å². The van der Waals surface area contributed by atoms with Gasteiger partial charge in [-0.25, -0.2) is 14.3 Å². The highest BCUT2D eigenvalue weighted by Gasteiger charge is 2.32. The second-order valence-corrected chi connectivity index (χ2v) is 5.06. The smallest absolute Gasteiger partial charge is 0.244 e.